The predicted molar refractivity (Wildman–Crippen MR) is 96.8 cm³/mol. The van der Waals surface area contributed by atoms with Gasteiger partial charge in [-0.25, -0.2) is 0 Å². The zero-order valence-corrected chi connectivity index (χ0v) is 14.6. The lowest BCUT2D eigenvalue weighted by Gasteiger charge is -2.21. The van der Waals surface area contributed by atoms with E-state index in [0.29, 0.717) is 11.3 Å². The van der Waals surface area contributed by atoms with Crippen molar-refractivity contribution < 1.29 is 19.2 Å². The minimum absolute atomic E-state index is 0.0457. The summed E-state index contributed by atoms with van der Waals surface area (Å²) in [5, 5.41) is 16.5. The number of nitrogens with zero attached hydrogens (tertiary/aromatic N) is 2. The highest BCUT2D eigenvalue weighted by molar-refractivity contribution is 7.10. The van der Waals surface area contributed by atoms with Crippen molar-refractivity contribution >= 4 is 34.6 Å². The molecule has 130 valence electrons. The Morgan fingerprint density at radius 3 is 2.58 bits per heavy atom. The van der Waals surface area contributed by atoms with Crippen molar-refractivity contribution in [1.82, 2.24) is 5.16 Å². The average Bonchev–Trinajstić information content (AvgIpc) is 3.37. The smallest absolute Gasteiger partial charge is 0.301 e. The van der Waals surface area contributed by atoms with Gasteiger partial charge in [-0.05, 0) is 18.4 Å². The molecule has 2 aromatic heterocycles. The van der Waals surface area contributed by atoms with Crippen LogP contribution in [0.3, 0.4) is 0 Å². The van der Waals surface area contributed by atoms with Gasteiger partial charge in [0.2, 0.25) is 0 Å². The lowest BCUT2D eigenvalue weighted by atomic mass is 10.00. The molecule has 1 fully saturated rings. The molecule has 0 radical (unpaired) electrons. The van der Waals surface area contributed by atoms with Crippen LogP contribution in [-0.4, -0.2) is 22.0 Å². The van der Waals surface area contributed by atoms with Crippen molar-refractivity contribution in [2.45, 2.75) is 13.0 Å². The number of carbonyl (C=O) groups is 2. The molecule has 0 saturated carbocycles. The number of aromatic nitrogens is 1. The van der Waals surface area contributed by atoms with Crippen LogP contribution in [0.2, 0.25) is 0 Å². The third-order valence-corrected chi connectivity index (χ3v) is 5.09. The Labute approximate surface area is 153 Å². The molecular formula is C19H14N2O4S. The predicted octanol–water partition coefficient (Wildman–Crippen LogP) is 3.67. The minimum Gasteiger partial charge on any atom is -0.507 e. The number of aliphatic hydroxyl groups is 1. The van der Waals surface area contributed by atoms with Gasteiger partial charge in [0, 0.05) is 16.5 Å². The van der Waals surface area contributed by atoms with Crippen LogP contribution in [0.5, 0.6) is 0 Å². The molecule has 1 atom stereocenters. The number of thiophene rings is 1. The van der Waals surface area contributed by atoms with E-state index in [1.807, 2.05) is 23.6 Å². The van der Waals surface area contributed by atoms with Gasteiger partial charge in [0.05, 0.1) is 5.57 Å². The maximum Gasteiger partial charge on any atom is 0.301 e. The summed E-state index contributed by atoms with van der Waals surface area (Å²) in [5.74, 6) is -0.922. The topological polar surface area (TPSA) is 83.6 Å². The van der Waals surface area contributed by atoms with Gasteiger partial charge in [-0.2, -0.15) is 0 Å². The van der Waals surface area contributed by atoms with Gasteiger partial charge in [-0.3, -0.25) is 14.5 Å². The average molecular weight is 366 g/mol. The zero-order chi connectivity index (χ0) is 18.3. The molecule has 4 rings (SSSR count). The second-order valence-corrected chi connectivity index (χ2v) is 6.83. The highest BCUT2D eigenvalue weighted by Crippen LogP contribution is 2.43. The molecule has 6 nitrogen and oxygen atoms in total. The van der Waals surface area contributed by atoms with E-state index in [4.69, 9.17) is 4.52 Å². The van der Waals surface area contributed by atoms with Gasteiger partial charge in [-0.15, -0.1) is 11.3 Å². The largest absolute Gasteiger partial charge is 0.507 e. The summed E-state index contributed by atoms with van der Waals surface area (Å²) < 4.78 is 5.08. The molecule has 1 aliphatic heterocycles. The molecule has 7 heteroatoms. The molecule has 0 spiro atoms. The van der Waals surface area contributed by atoms with Gasteiger partial charge in [0.15, 0.2) is 5.82 Å². The molecule has 1 saturated heterocycles. The maximum absolute atomic E-state index is 12.8. The van der Waals surface area contributed by atoms with Crippen molar-refractivity contribution in [3.63, 3.8) is 0 Å². The number of ketones is 1. The summed E-state index contributed by atoms with van der Waals surface area (Å²) in [7, 11) is 0. The van der Waals surface area contributed by atoms with Crippen LogP contribution in [0, 0.1) is 6.92 Å². The SMILES string of the molecule is Cc1cc(N2C(=O)C(=O)/C(=C(/O)c3ccccc3)[C@H]2c2cccs2)no1. The number of anilines is 1. The van der Waals surface area contributed by atoms with E-state index >= 15 is 0 Å². The molecule has 1 amide bonds. The van der Waals surface area contributed by atoms with Gasteiger partial charge in [0.25, 0.3) is 5.78 Å². The molecule has 0 aliphatic carbocycles. The standard InChI is InChI=1S/C19H14N2O4S/c1-11-10-14(20-25-11)21-16(13-8-5-9-26-13)15(18(23)19(21)24)17(22)12-6-3-2-4-7-12/h2-10,16,22H,1H3/b17-15+/t16-/m1/s1. The van der Waals surface area contributed by atoms with Crippen LogP contribution < -0.4 is 4.90 Å². The number of hydrogen-bond donors (Lipinski definition) is 1. The summed E-state index contributed by atoms with van der Waals surface area (Å²) in [6.07, 6.45) is 0. The summed E-state index contributed by atoms with van der Waals surface area (Å²) in [4.78, 5) is 27.5. The lowest BCUT2D eigenvalue weighted by Crippen LogP contribution is -2.29. The van der Waals surface area contributed by atoms with E-state index < -0.39 is 17.7 Å². The molecule has 3 heterocycles. The van der Waals surface area contributed by atoms with Gasteiger partial charge >= 0.3 is 5.91 Å². The van der Waals surface area contributed by atoms with Crippen molar-refractivity contribution in [3.05, 3.63) is 75.7 Å². The fraction of sp³-hybridized carbons (Fsp3) is 0.105. The molecule has 1 aliphatic rings. The Hall–Kier alpha value is -3.19. The first-order chi connectivity index (χ1) is 12.6. The first-order valence-corrected chi connectivity index (χ1v) is 8.79. The fourth-order valence-corrected chi connectivity index (χ4v) is 3.83. The Kier molecular flexibility index (Phi) is 3.93. The van der Waals surface area contributed by atoms with Crippen molar-refractivity contribution in [1.29, 1.82) is 0 Å². The lowest BCUT2D eigenvalue weighted by molar-refractivity contribution is -0.132. The summed E-state index contributed by atoms with van der Waals surface area (Å²) in [6, 6.07) is 13.2. The molecular weight excluding hydrogens is 352 g/mol. The van der Waals surface area contributed by atoms with E-state index in [1.165, 1.54) is 16.2 Å². The second-order valence-electron chi connectivity index (χ2n) is 5.85. The van der Waals surface area contributed by atoms with E-state index in [0.717, 1.165) is 4.88 Å². The molecule has 0 unspecified atom stereocenters. The van der Waals surface area contributed by atoms with Crippen molar-refractivity contribution in [2.24, 2.45) is 0 Å². The Morgan fingerprint density at radius 1 is 1.19 bits per heavy atom. The molecule has 1 N–H and O–H groups in total. The number of rotatable bonds is 3. The highest BCUT2D eigenvalue weighted by Gasteiger charge is 2.48. The Morgan fingerprint density at radius 2 is 1.96 bits per heavy atom. The monoisotopic (exact) mass is 366 g/mol. The van der Waals surface area contributed by atoms with Crippen LogP contribution in [0.25, 0.3) is 5.76 Å². The zero-order valence-electron chi connectivity index (χ0n) is 13.7. The number of aryl methyl sites for hydroxylation is 1. The summed E-state index contributed by atoms with van der Waals surface area (Å²) >= 11 is 1.40. The molecule has 1 aromatic carbocycles. The van der Waals surface area contributed by atoms with Crippen LogP contribution >= 0.6 is 11.3 Å². The highest BCUT2D eigenvalue weighted by atomic mass is 32.1. The number of benzene rings is 1. The number of Topliss-reactive ketones (excluding diaryl/α,β-unsaturated/α-hetero) is 1. The van der Waals surface area contributed by atoms with E-state index in [9.17, 15) is 14.7 Å². The Bertz CT molecular complexity index is 1010. The summed E-state index contributed by atoms with van der Waals surface area (Å²) in [6.45, 7) is 1.71. The van der Waals surface area contributed by atoms with E-state index in [2.05, 4.69) is 5.16 Å². The first kappa shape index (κ1) is 16.3. The first-order valence-electron chi connectivity index (χ1n) is 7.91. The number of carbonyl (C=O) groups excluding carboxylic acids is 2. The van der Waals surface area contributed by atoms with Gasteiger partial charge in [0.1, 0.15) is 17.6 Å². The molecule has 3 aromatic rings. The van der Waals surface area contributed by atoms with Gasteiger partial charge < -0.3 is 9.63 Å². The normalized spacial score (nSPS) is 19.3. The van der Waals surface area contributed by atoms with Crippen LogP contribution in [-0.2, 0) is 9.59 Å². The van der Waals surface area contributed by atoms with E-state index in [1.54, 1.807) is 37.3 Å². The number of amides is 1. The Balaban J connectivity index is 1.93. The second kappa shape index (κ2) is 6.27. The fourth-order valence-electron chi connectivity index (χ4n) is 3.00. The maximum atomic E-state index is 12.8. The molecule has 26 heavy (non-hydrogen) atoms. The number of aliphatic hydroxyl groups excluding tert-OH is 1. The van der Waals surface area contributed by atoms with Gasteiger partial charge in [-0.1, -0.05) is 41.6 Å². The minimum atomic E-state index is -0.750. The summed E-state index contributed by atoms with van der Waals surface area (Å²) in [5.41, 5.74) is 0.521. The number of hydrogen-bond acceptors (Lipinski definition) is 6. The van der Waals surface area contributed by atoms with Crippen LogP contribution in [0.4, 0.5) is 5.82 Å². The molecule has 0 bridgehead atoms. The third-order valence-electron chi connectivity index (χ3n) is 4.17. The van der Waals surface area contributed by atoms with Crippen molar-refractivity contribution in [2.75, 3.05) is 4.90 Å². The third kappa shape index (κ3) is 2.53. The quantitative estimate of drug-likeness (QED) is 0.434. The van der Waals surface area contributed by atoms with E-state index in [-0.39, 0.29) is 17.2 Å². The van der Waals surface area contributed by atoms with Crippen molar-refractivity contribution in [3.8, 4) is 0 Å². The van der Waals surface area contributed by atoms with Crippen LogP contribution in [0.15, 0.2) is 64.0 Å². The van der Waals surface area contributed by atoms with Crippen LogP contribution in [0.1, 0.15) is 22.2 Å².